The van der Waals surface area contributed by atoms with Gasteiger partial charge in [-0.05, 0) is 25.0 Å². The molecule has 1 aromatic heterocycles. The van der Waals surface area contributed by atoms with E-state index in [9.17, 15) is 0 Å². The first-order chi connectivity index (χ1) is 7.88. The van der Waals surface area contributed by atoms with Crippen molar-refractivity contribution in [1.82, 2.24) is 4.90 Å². The second-order valence-electron chi connectivity index (χ2n) is 4.29. The van der Waals surface area contributed by atoms with Crippen LogP contribution in [0.3, 0.4) is 0 Å². The number of nitrogens with zero attached hydrogens (tertiary/aromatic N) is 2. The molecular formula is C12H14N2O2. The third-order valence-electron chi connectivity index (χ3n) is 3.41. The summed E-state index contributed by atoms with van der Waals surface area (Å²) >= 11 is 0. The Morgan fingerprint density at radius 2 is 2.25 bits per heavy atom. The molecule has 0 saturated carbocycles. The highest BCUT2D eigenvalue weighted by Gasteiger charge is 2.35. The van der Waals surface area contributed by atoms with Gasteiger partial charge < -0.3 is 14.5 Å². The van der Waals surface area contributed by atoms with Crippen molar-refractivity contribution in [1.29, 1.82) is 0 Å². The molecular weight excluding hydrogens is 204 g/mol. The molecule has 0 unspecified atom stereocenters. The Kier molecular flexibility index (Phi) is 2.20. The summed E-state index contributed by atoms with van der Waals surface area (Å²) in [5.74, 6) is 1.22. The Bertz CT molecular complexity index is 426. The lowest BCUT2D eigenvalue weighted by Crippen LogP contribution is -2.46. The molecule has 1 aromatic rings. The van der Waals surface area contributed by atoms with Crippen LogP contribution in [0.2, 0.25) is 0 Å². The molecule has 0 aliphatic carbocycles. The van der Waals surface area contributed by atoms with Crippen LogP contribution < -0.4 is 0 Å². The summed E-state index contributed by atoms with van der Waals surface area (Å²) in [6, 6.07) is 3.77. The Morgan fingerprint density at radius 1 is 1.44 bits per heavy atom. The molecule has 3 aliphatic rings. The predicted molar refractivity (Wildman–Crippen MR) is 60.2 cm³/mol. The first-order valence-corrected chi connectivity index (χ1v) is 5.61. The van der Waals surface area contributed by atoms with Crippen molar-refractivity contribution < 1.29 is 9.62 Å². The van der Waals surface area contributed by atoms with E-state index in [0.29, 0.717) is 5.92 Å². The van der Waals surface area contributed by atoms with E-state index in [1.54, 1.807) is 6.26 Å². The van der Waals surface area contributed by atoms with Gasteiger partial charge in [-0.25, -0.2) is 0 Å². The van der Waals surface area contributed by atoms with Crippen molar-refractivity contribution in [2.45, 2.75) is 12.8 Å². The Morgan fingerprint density at radius 3 is 2.88 bits per heavy atom. The zero-order valence-electron chi connectivity index (χ0n) is 8.97. The van der Waals surface area contributed by atoms with Gasteiger partial charge in [-0.1, -0.05) is 5.16 Å². The standard InChI is InChI=1S/C12H14N2O2/c15-13-12-9-3-5-14(6-4-9)11(12)8-10-2-1-7-16-10/h1-2,7-9,15H,3-6H2/b11-8+,13-12-. The molecule has 4 nitrogen and oxygen atoms in total. The zero-order chi connectivity index (χ0) is 11.0. The molecule has 0 radical (unpaired) electrons. The van der Waals surface area contributed by atoms with Crippen LogP contribution >= 0.6 is 0 Å². The van der Waals surface area contributed by atoms with E-state index in [4.69, 9.17) is 9.62 Å². The minimum atomic E-state index is 0.413. The van der Waals surface area contributed by atoms with Crippen LogP contribution in [0.4, 0.5) is 0 Å². The van der Waals surface area contributed by atoms with Crippen LogP contribution in [0.5, 0.6) is 0 Å². The van der Waals surface area contributed by atoms with E-state index in [1.807, 2.05) is 18.2 Å². The largest absolute Gasteiger partial charge is 0.465 e. The molecule has 0 atom stereocenters. The van der Waals surface area contributed by atoms with Crippen molar-refractivity contribution in [3.8, 4) is 0 Å². The quantitative estimate of drug-likeness (QED) is 0.580. The van der Waals surface area contributed by atoms with Crippen LogP contribution in [0.1, 0.15) is 18.6 Å². The number of fused-ring (bicyclic) bond motifs is 3. The summed E-state index contributed by atoms with van der Waals surface area (Å²) < 4.78 is 5.30. The van der Waals surface area contributed by atoms with E-state index in [-0.39, 0.29) is 0 Å². The van der Waals surface area contributed by atoms with E-state index >= 15 is 0 Å². The minimum Gasteiger partial charge on any atom is -0.465 e. The smallest absolute Gasteiger partial charge is 0.128 e. The maximum Gasteiger partial charge on any atom is 0.128 e. The summed E-state index contributed by atoms with van der Waals surface area (Å²) in [4.78, 5) is 2.26. The van der Waals surface area contributed by atoms with Crippen LogP contribution in [-0.4, -0.2) is 28.9 Å². The van der Waals surface area contributed by atoms with Gasteiger partial charge in [0.2, 0.25) is 0 Å². The predicted octanol–water partition coefficient (Wildman–Crippen LogP) is 2.18. The molecule has 2 bridgehead atoms. The molecule has 3 saturated heterocycles. The van der Waals surface area contributed by atoms with Crippen LogP contribution in [0.15, 0.2) is 33.7 Å². The molecule has 0 amide bonds. The van der Waals surface area contributed by atoms with Gasteiger partial charge in [0.25, 0.3) is 0 Å². The van der Waals surface area contributed by atoms with Gasteiger partial charge in [-0.3, -0.25) is 0 Å². The Hall–Kier alpha value is -1.71. The highest BCUT2D eigenvalue weighted by atomic mass is 16.4. The van der Waals surface area contributed by atoms with Gasteiger partial charge in [0, 0.05) is 25.1 Å². The zero-order valence-corrected chi connectivity index (χ0v) is 8.97. The maximum atomic E-state index is 9.10. The van der Waals surface area contributed by atoms with Gasteiger partial charge in [-0.2, -0.15) is 0 Å². The molecule has 1 N–H and O–H groups in total. The molecule has 3 fully saturated rings. The number of furan rings is 1. The molecule has 4 heterocycles. The van der Waals surface area contributed by atoms with E-state index in [0.717, 1.165) is 43.1 Å². The first-order valence-electron chi connectivity index (χ1n) is 5.61. The second-order valence-corrected chi connectivity index (χ2v) is 4.29. The van der Waals surface area contributed by atoms with Crippen LogP contribution in [0.25, 0.3) is 6.08 Å². The van der Waals surface area contributed by atoms with Crippen molar-refractivity contribution in [3.05, 3.63) is 29.9 Å². The fourth-order valence-corrected chi connectivity index (χ4v) is 2.57. The fraction of sp³-hybridized carbons (Fsp3) is 0.417. The number of piperidine rings is 3. The summed E-state index contributed by atoms with van der Waals surface area (Å²) in [6.45, 7) is 2.10. The van der Waals surface area contributed by atoms with Crippen LogP contribution in [0, 0.1) is 5.92 Å². The lowest BCUT2D eigenvalue weighted by molar-refractivity contribution is 0.229. The summed E-state index contributed by atoms with van der Waals surface area (Å²) in [6.07, 6.45) is 5.79. The van der Waals surface area contributed by atoms with Gasteiger partial charge in [0.15, 0.2) is 0 Å². The minimum absolute atomic E-state index is 0.413. The molecule has 3 aliphatic heterocycles. The average molecular weight is 218 g/mol. The van der Waals surface area contributed by atoms with Crippen molar-refractivity contribution >= 4 is 11.8 Å². The van der Waals surface area contributed by atoms with Crippen molar-refractivity contribution in [2.24, 2.45) is 11.1 Å². The molecule has 0 aromatic carbocycles. The topological polar surface area (TPSA) is 49.0 Å². The summed E-state index contributed by atoms with van der Waals surface area (Å²) in [7, 11) is 0. The average Bonchev–Trinajstić information content (AvgIpc) is 2.83. The van der Waals surface area contributed by atoms with Crippen molar-refractivity contribution in [3.63, 3.8) is 0 Å². The summed E-state index contributed by atoms with van der Waals surface area (Å²) in [5.41, 5.74) is 1.83. The third kappa shape index (κ3) is 1.41. The first kappa shape index (κ1) is 9.51. The Labute approximate surface area is 93.8 Å². The second kappa shape index (κ2) is 3.70. The maximum absolute atomic E-state index is 9.10. The normalized spacial score (nSPS) is 25.9. The van der Waals surface area contributed by atoms with Gasteiger partial charge >= 0.3 is 0 Å². The fourth-order valence-electron chi connectivity index (χ4n) is 2.57. The highest BCUT2D eigenvalue weighted by molar-refractivity contribution is 6.05. The molecule has 4 heteroatoms. The SMILES string of the molecule is O/N=C1\C(=C/c2ccco2)N2CCC1CC2. The highest BCUT2D eigenvalue weighted by Crippen LogP contribution is 2.33. The van der Waals surface area contributed by atoms with E-state index < -0.39 is 0 Å². The van der Waals surface area contributed by atoms with E-state index in [1.165, 1.54) is 0 Å². The Balaban J connectivity index is 1.99. The van der Waals surface area contributed by atoms with Crippen molar-refractivity contribution in [2.75, 3.05) is 13.1 Å². The van der Waals surface area contributed by atoms with Gasteiger partial charge in [-0.15, -0.1) is 0 Å². The molecule has 16 heavy (non-hydrogen) atoms. The lowest BCUT2D eigenvalue weighted by atomic mass is 9.84. The number of rotatable bonds is 1. The number of allylic oxidation sites excluding steroid dienone is 1. The number of hydrogen-bond acceptors (Lipinski definition) is 4. The third-order valence-corrected chi connectivity index (χ3v) is 3.41. The number of hydrogen-bond donors (Lipinski definition) is 1. The van der Waals surface area contributed by atoms with Gasteiger partial charge in [0.05, 0.1) is 12.0 Å². The molecule has 84 valence electrons. The van der Waals surface area contributed by atoms with Crippen LogP contribution in [-0.2, 0) is 0 Å². The molecule has 4 rings (SSSR count). The monoisotopic (exact) mass is 218 g/mol. The number of oxime groups is 1. The van der Waals surface area contributed by atoms with E-state index in [2.05, 4.69) is 10.1 Å². The lowest BCUT2D eigenvalue weighted by Gasteiger charge is -2.42. The van der Waals surface area contributed by atoms with Gasteiger partial charge in [0.1, 0.15) is 11.5 Å². The summed E-state index contributed by atoms with van der Waals surface area (Å²) in [5, 5.41) is 12.6. The molecule has 0 spiro atoms.